The van der Waals surface area contributed by atoms with Gasteiger partial charge in [0.05, 0.1) is 0 Å². The second-order valence-corrected chi connectivity index (χ2v) is 5.65. The second-order valence-electron chi connectivity index (χ2n) is 5.65. The van der Waals surface area contributed by atoms with E-state index in [1.165, 1.54) is 6.42 Å². The highest BCUT2D eigenvalue weighted by Crippen LogP contribution is 2.15. The Kier molecular flexibility index (Phi) is 6.18. The van der Waals surface area contributed by atoms with E-state index < -0.39 is 0 Å². The quantitative estimate of drug-likeness (QED) is 0.869. The molecule has 120 valence electrons. The summed E-state index contributed by atoms with van der Waals surface area (Å²) in [6.45, 7) is 3.73. The zero-order chi connectivity index (χ0) is 15.8. The van der Waals surface area contributed by atoms with Gasteiger partial charge in [-0.3, -0.25) is 9.78 Å². The van der Waals surface area contributed by atoms with Gasteiger partial charge >= 0.3 is 6.03 Å². The van der Waals surface area contributed by atoms with Gasteiger partial charge in [-0.15, -0.1) is 0 Å². The molecule has 0 aromatic carbocycles. The van der Waals surface area contributed by atoms with Crippen LogP contribution in [0.15, 0.2) is 24.5 Å². The van der Waals surface area contributed by atoms with E-state index in [1.54, 1.807) is 12.4 Å². The van der Waals surface area contributed by atoms with Gasteiger partial charge in [0.2, 0.25) is 5.91 Å². The van der Waals surface area contributed by atoms with E-state index in [0.29, 0.717) is 19.5 Å². The monoisotopic (exact) mass is 304 g/mol. The van der Waals surface area contributed by atoms with Gasteiger partial charge in [0.25, 0.3) is 0 Å². The Bertz CT molecular complexity index is 492. The lowest BCUT2D eigenvalue weighted by Crippen LogP contribution is -2.48. The first-order valence-electron chi connectivity index (χ1n) is 7.87. The number of pyridine rings is 1. The summed E-state index contributed by atoms with van der Waals surface area (Å²) < 4.78 is 0. The molecule has 0 bridgehead atoms. The Hall–Kier alpha value is -2.11. The molecule has 1 aromatic rings. The number of hydrogen-bond acceptors (Lipinski definition) is 3. The lowest BCUT2D eigenvalue weighted by atomic mass is 10.0. The highest BCUT2D eigenvalue weighted by molar-refractivity contribution is 5.78. The number of piperidine rings is 1. The summed E-state index contributed by atoms with van der Waals surface area (Å²) in [5.74, 6) is -0.0659. The SMILES string of the molecule is CC1CCCCN1C(=O)NCCC(=O)NCc1ccncc1. The molecule has 0 aliphatic carbocycles. The first-order valence-corrected chi connectivity index (χ1v) is 7.87. The number of urea groups is 1. The molecule has 2 rings (SSSR count). The summed E-state index contributed by atoms with van der Waals surface area (Å²) >= 11 is 0. The first kappa shape index (κ1) is 16.3. The number of carbonyl (C=O) groups is 2. The fraction of sp³-hybridized carbons (Fsp3) is 0.562. The van der Waals surface area contributed by atoms with Crippen LogP contribution in [-0.4, -0.2) is 41.0 Å². The summed E-state index contributed by atoms with van der Waals surface area (Å²) in [6, 6.07) is 3.95. The number of nitrogens with one attached hydrogen (secondary N) is 2. The number of carbonyl (C=O) groups excluding carboxylic acids is 2. The molecular weight excluding hydrogens is 280 g/mol. The molecule has 0 radical (unpaired) electrons. The van der Waals surface area contributed by atoms with E-state index in [0.717, 1.165) is 24.9 Å². The number of aromatic nitrogens is 1. The van der Waals surface area contributed by atoms with Gasteiger partial charge in [0.15, 0.2) is 0 Å². The molecule has 0 saturated carbocycles. The van der Waals surface area contributed by atoms with Crippen LogP contribution in [0.3, 0.4) is 0 Å². The molecule has 22 heavy (non-hydrogen) atoms. The molecule has 3 amide bonds. The number of hydrogen-bond donors (Lipinski definition) is 2. The third kappa shape index (κ3) is 5.02. The highest BCUT2D eigenvalue weighted by atomic mass is 16.2. The van der Waals surface area contributed by atoms with Crippen molar-refractivity contribution >= 4 is 11.9 Å². The van der Waals surface area contributed by atoms with Gasteiger partial charge in [-0.05, 0) is 43.9 Å². The molecule has 2 heterocycles. The first-order chi connectivity index (χ1) is 10.7. The zero-order valence-corrected chi connectivity index (χ0v) is 13.0. The van der Waals surface area contributed by atoms with Crippen LogP contribution in [0.1, 0.15) is 38.2 Å². The Morgan fingerprint density at radius 3 is 2.77 bits per heavy atom. The van der Waals surface area contributed by atoms with Crippen molar-refractivity contribution in [1.82, 2.24) is 20.5 Å². The van der Waals surface area contributed by atoms with E-state index in [2.05, 4.69) is 22.5 Å². The minimum absolute atomic E-state index is 0.0610. The van der Waals surface area contributed by atoms with E-state index in [9.17, 15) is 9.59 Å². The lowest BCUT2D eigenvalue weighted by Gasteiger charge is -2.33. The average molecular weight is 304 g/mol. The van der Waals surface area contributed by atoms with Gasteiger partial charge in [0, 0.05) is 44.5 Å². The minimum atomic E-state index is -0.0659. The Morgan fingerprint density at radius 1 is 1.27 bits per heavy atom. The molecule has 2 N–H and O–H groups in total. The van der Waals surface area contributed by atoms with Crippen LogP contribution in [0.4, 0.5) is 4.79 Å². The minimum Gasteiger partial charge on any atom is -0.352 e. The van der Waals surface area contributed by atoms with Gasteiger partial charge in [-0.25, -0.2) is 4.79 Å². The second kappa shape index (κ2) is 8.36. The largest absolute Gasteiger partial charge is 0.352 e. The Balaban J connectivity index is 1.63. The van der Waals surface area contributed by atoms with E-state index >= 15 is 0 Å². The highest BCUT2D eigenvalue weighted by Gasteiger charge is 2.22. The molecule has 1 aliphatic rings. The van der Waals surface area contributed by atoms with Crippen molar-refractivity contribution in [2.45, 2.75) is 45.2 Å². The number of amides is 3. The smallest absolute Gasteiger partial charge is 0.317 e. The maximum Gasteiger partial charge on any atom is 0.317 e. The van der Waals surface area contributed by atoms with E-state index in [1.807, 2.05) is 17.0 Å². The molecule has 0 spiro atoms. The maximum absolute atomic E-state index is 12.0. The summed E-state index contributed by atoms with van der Waals surface area (Å²) in [7, 11) is 0. The topological polar surface area (TPSA) is 74.3 Å². The van der Waals surface area contributed by atoms with Crippen molar-refractivity contribution in [1.29, 1.82) is 0 Å². The van der Waals surface area contributed by atoms with Crippen molar-refractivity contribution in [2.24, 2.45) is 0 Å². The van der Waals surface area contributed by atoms with Gasteiger partial charge in [-0.1, -0.05) is 0 Å². The molecule has 1 saturated heterocycles. The molecule has 1 aliphatic heterocycles. The summed E-state index contributed by atoms with van der Waals surface area (Å²) in [5, 5.41) is 5.66. The van der Waals surface area contributed by atoms with Crippen molar-refractivity contribution in [2.75, 3.05) is 13.1 Å². The van der Waals surface area contributed by atoms with Gasteiger partial charge < -0.3 is 15.5 Å². The van der Waals surface area contributed by atoms with E-state index in [4.69, 9.17) is 0 Å². The van der Waals surface area contributed by atoms with Crippen LogP contribution in [-0.2, 0) is 11.3 Å². The van der Waals surface area contributed by atoms with Crippen LogP contribution in [0.25, 0.3) is 0 Å². The molecule has 1 aromatic heterocycles. The molecular formula is C16H24N4O2. The van der Waals surface area contributed by atoms with Gasteiger partial charge in [0.1, 0.15) is 0 Å². The van der Waals surface area contributed by atoms with Gasteiger partial charge in [-0.2, -0.15) is 0 Å². The third-order valence-corrected chi connectivity index (χ3v) is 3.93. The van der Waals surface area contributed by atoms with Crippen LogP contribution in [0.2, 0.25) is 0 Å². The average Bonchev–Trinajstić information content (AvgIpc) is 2.54. The fourth-order valence-electron chi connectivity index (χ4n) is 2.57. The molecule has 1 unspecified atom stereocenters. The van der Waals surface area contributed by atoms with Crippen LogP contribution < -0.4 is 10.6 Å². The third-order valence-electron chi connectivity index (χ3n) is 3.93. The lowest BCUT2D eigenvalue weighted by molar-refractivity contribution is -0.121. The standard InChI is InChI=1S/C16H24N4O2/c1-13-4-2-3-11-20(13)16(22)18-10-7-15(21)19-12-14-5-8-17-9-6-14/h5-6,8-9,13H,2-4,7,10-12H2,1H3,(H,18,22)(H,19,21). The molecule has 6 nitrogen and oxygen atoms in total. The van der Waals surface area contributed by atoms with Crippen molar-refractivity contribution < 1.29 is 9.59 Å². The molecule has 6 heteroatoms. The van der Waals surface area contributed by atoms with Crippen molar-refractivity contribution in [3.05, 3.63) is 30.1 Å². The van der Waals surface area contributed by atoms with Crippen LogP contribution in [0.5, 0.6) is 0 Å². The number of rotatable bonds is 5. The Labute approximate surface area is 131 Å². The Morgan fingerprint density at radius 2 is 2.05 bits per heavy atom. The summed E-state index contributed by atoms with van der Waals surface area (Å²) in [5.41, 5.74) is 1.01. The number of nitrogens with zero attached hydrogens (tertiary/aromatic N) is 2. The summed E-state index contributed by atoms with van der Waals surface area (Å²) in [4.78, 5) is 29.6. The van der Waals surface area contributed by atoms with E-state index in [-0.39, 0.29) is 18.0 Å². The van der Waals surface area contributed by atoms with Crippen LogP contribution >= 0.6 is 0 Å². The molecule has 1 atom stereocenters. The van der Waals surface area contributed by atoms with Crippen molar-refractivity contribution in [3.8, 4) is 0 Å². The van der Waals surface area contributed by atoms with Crippen LogP contribution in [0, 0.1) is 0 Å². The predicted octanol–water partition coefficient (Wildman–Crippen LogP) is 1.67. The number of likely N-dealkylation sites (tertiary alicyclic amines) is 1. The normalized spacial score (nSPS) is 17.9. The zero-order valence-electron chi connectivity index (χ0n) is 13.0. The maximum atomic E-state index is 12.0. The summed E-state index contributed by atoms with van der Waals surface area (Å²) in [6.07, 6.45) is 6.98. The fourth-order valence-corrected chi connectivity index (χ4v) is 2.57. The predicted molar refractivity (Wildman–Crippen MR) is 84.1 cm³/mol. The van der Waals surface area contributed by atoms with Crippen molar-refractivity contribution in [3.63, 3.8) is 0 Å². The molecule has 1 fully saturated rings.